The predicted octanol–water partition coefficient (Wildman–Crippen LogP) is 7.79. The summed E-state index contributed by atoms with van der Waals surface area (Å²) in [6.07, 6.45) is 4.51. The second-order valence-electron chi connectivity index (χ2n) is 15.6. The number of methoxy groups -OCH3 is 2. The fourth-order valence-electron chi connectivity index (χ4n) is 4.87. The van der Waals surface area contributed by atoms with Gasteiger partial charge in [0.25, 0.3) is 0 Å². The molecule has 9 atom stereocenters. The highest BCUT2D eigenvalue weighted by atomic mass is 28.4. The van der Waals surface area contributed by atoms with E-state index in [0.717, 1.165) is 6.29 Å². The van der Waals surface area contributed by atoms with Crippen molar-refractivity contribution in [3.63, 3.8) is 0 Å². The van der Waals surface area contributed by atoms with Gasteiger partial charge in [0.2, 0.25) is 0 Å². The van der Waals surface area contributed by atoms with Crippen molar-refractivity contribution in [3.05, 3.63) is 12.2 Å². The minimum absolute atomic E-state index is 0.0133. The van der Waals surface area contributed by atoms with Crippen molar-refractivity contribution in [2.45, 2.75) is 143 Å². The van der Waals surface area contributed by atoms with Crippen molar-refractivity contribution in [2.75, 3.05) is 27.8 Å². The fourth-order valence-corrected chi connectivity index (χ4v) is 7.54. The van der Waals surface area contributed by atoms with Gasteiger partial charge in [-0.3, -0.25) is 0 Å². The largest absolute Gasteiger partial charge is 0.413 e. The van der Waals surface area contributed by atoms with Crippen LogP contribution in [-0.2, 0) is 37.3 Å². The van der Waals surface area contributed by atoms with Crippen LogP contribution in [0.3, 0.4) is 0 Å². The standard InChI is InChI=1S/C33H66O8Si2/c1-23(29(24(2)20-34)38-22-36-12)17-18-27(37-21-35-11)19-28-25(3)30(40-42(13,14)32(5,6)7)26(4)31(39-28)41-43(15,16)33(8,9)10/h17-18,20,23-31H,19,21-22H2,1-16H3/b18-17-/t23-,24-,25-,26+,27+,28-,29-,30-,31-/m0/s1. The number of hydrogen-bond donors (Lipinski definition) is 0. The summed E-state index contributed by atoms with van der Waals surface area (Å²) in [5.74, 6) is -0.126. The molecule has 0 aromatic rings. The zero-order chi connectivity index (χ0) is 33.4. The molecule has 0 amide bonds. The molecular formula is C33H66O8Si2. The minimum Gasteiger partial charge on any atom is -0.413 e. The molecule has 0 aliphatic carbocycles. The second-order valence-corrected chi connectivity index (χ2v) is 25.1. The maximum atomic E-state index is 11.6. The molecule has 0 N–H and O–H groups in total. The van der Waals surface area contributed by atoms with Crippen LogP contribution in [0.2, 0.25) is 36.3 Å². The van der Waals surface area contributed by atoms with Crippen LogP contribution in [0, 0.1) is 23.7 Å². The van der Waals surface area contributed by atoms with Crippen molar-refractivity contribution >= 4 is 22.9 Å². The summed E-state index contributed by atoms with van der Waals surface area (Å²) < 4.78 is 43.4. The quantitative estimate of drug-likeness (QED) is 0.0686. The van der Waals surface area contributed by atoms with Gasteiger partial charge in [-0.15, -0.1) is 0 Å². The van der Waals surface area contributed by atoms with Gasteiger partial charge < -0.3 is 37.3 Å². The van der Waals surface area contributed by atoms with E-state index in [1.807, 2.05) is 19.9 Å². The van der Waals surface area contributed by atoms with Crippen LogP contribution in [0.25, 0.3) is 0 Å². The van der Waals surface area contributed by atoms with Crippen LogP contribution in [0.15, 0.2) is 12.2 Å². The summed E-state index contributed by atoms with van der Waals surface area (Å²) in [4.78, 5) is 11.6. The fraction of sp³-hybridized carbons (Fsp3) is 0.909. The molecule has 0 bridgehead atoms. The molecule has 254 valence electrons. The van der Waals surface area contributed by atoms with Gasteiger partial charge in [0.15, 0.2) is 22.9 Å². The molecule has 0 unspecified atom stereocenters. The van der Waals surface area contributed by atoms with E-state index in [4.69, 9.17) is 32.5 Å². The smallest absolute Gasteiger partial charge is 0.195 e. The first-order valence-corrected chi connectivity index (χ1v) is 21.8. The molecule has 1 rings (SSSR count). The van der Waals surface area contributed by atoms with E-state index in [1.165, 1.54) is 0 Å². The molecule has 43 heavy (non-hydrogen) atoms. The molecule has 0 spiro atoms. The van der Waals surface area contributed by atoms with Gasteiger partial charge in [-0.25, -0.2) is 0 Å². The topological polar surface area (TPSA) is 81.7 Å². The summed E-state index contributed by atoms with van der Waals surface area (Å²) in [6.45, 7) is 31.4. The number of aldehydes is 1. The van der Waals surface area contributed by atoms with E-state index in [-0.39, 0.29) is 78.0 Å². The number of carbonyl (C=O) groups excluding carboxylic acids is 1. The van der Waals surface area contributed by atoms with E-state index in [2.05, 4.69) is 87.7 Å². The Morgan fingerprint density at radius 2 is 1.28 bits per heavy atom. The lowest BCUT2D eigenvalue weighted by Gasteiger charge is -2.51. The molecule has 0 aromatic carbocycles. The van der Waals surface area contributed by atoms with Crippen LogP contribution >= 0.6 is 0 Å². The molecule has 0 saturated carbocycles. The third kappa shape index (κ3) is 11.7. The summed E-state index contributed by atoms with van der Waals surface area (Å²) in [5.41, 5.74) is 0. The number of rotatable bonds is 17. The van der Waals surface area contributed by atoms with Gasteiger partial charge in [0, 0.05) is 44.3 Å². The van der Waals surface area contributed by atoms with Crippen molar-refractivity contribution < 1.29 is 37.3 Å². The highest BCUT2D eigenvalue weighted by molar-refractivity contribution is 6.74. The Labute approximate surface area is 266 Å². The van der Waals surface area contributed by atoms with Gasteiger partial charge in [-0.2, -0.15) is 0 Å². The molecule has 10 heteroatoms. The van der Waals surface area contributed by atoms with Crippen molar-refractivity contribution in [2.24, 2.45) is 23.7 Å². The van der Waals surface area contributed by atoms with Crippen LogP contribution in [0.1, 0.15) is 75.7 Å². The highest BCUT2D eigenvalue weighted by Crippen LogP contribution is 2.45. The predicted molar refractivity (Wildman–Crippen MR) is 179 cm³/mol. The normalized spacial score (nSPS) is 27.2. The molecule has 0 aromatic heterocycles. The Kier molecular flexibility index (Phi) is 16.0. The van der Waals surface area contributed by atoms with Crippen molar-refractivity contribution in [1.29, 1.82) is 0 Å². The van der Waals surface area contributed by atoms with E-state index in [1.54, 1.807) is 14.2 Å². The lowest BCUT2D eigenvalue weighted by atomic mass is 9.83. The molecule has 8 nitrogen and oxygen atoms in total. The third-order valence-corrected chi connectivity index (χ3v) is 18.8. The van der Waals surface area contributed by atoms with Gasteiger partial charge in [0.05, 0.1) is 24.4 Å². The minimum atomic E-state index is -2.13. The molecule has 1 aliphatic heterocycles. The van der Waals surface area contributed by atoms with Crippen LogP contribution < -0.4 is 0 Å². The zero-order valence-electron chi connectivity index (χ0n) is 30.3. The summed E-state index contributed by atoms with van der Waals surface area (Å²) in [7, 11) is -1.00. The van der Waals surface area contributed by atoms with Crippen LogP contribution in [-0.4, -0.2) is 81.4 Å². The zero-order valence-corrected chi connectivity index (χ0v) is 32.3. The van der Waals surface area contributed by atoms with Gasteiger partial charge in [0.1, 0.15) is 19.9 Å². The summed E-state index contributed by atoms with van der Waals surface area (Å²) >= 11 is 0. The van der Waals surface area contributed by atoms with Gasteiger partial charge in [-0.1, -0.05) is 81.4 Å². The van der Waals surface area contributed by atoms with E-state index in [0.29, 0.717) is 6.42 Å². The highest BCUT2D eigenvalue weighted by Gasteiger charge is 2.50. The monoisotopic (exact) mass is 646 g/mol. The Morgan fingerprint density at radius 1 is 0.767 bits per heavy atom. The third-order valence-electron chi connectivity index (χ3n) is 9.94. The Balaban J connectivity index is 3.39. The van der Waals surface area contributed by atoms with E-state index in [9.17, 15) is 4.79 Å². The average molecular weight is 647 g/mol. The van der Waals surface area contributed by atoms with E-state index < -0.39 is 16.6 Å². The van der Waals surface area contributed by atoms with E-state index >= 15 is 0 Å². The number of carbonyl (C=O) groups is 1. The Bertz CT molecular complexity index is 851. The van der Waals surface area contributed by atoms with Crippen molar-refractivity contribution in [3.8, 4) is 0 Å². The summed E-state index contributed by atoms with van der Waals surface area (Å²) in [6, 6.07) is 0. The molecule has 1 aliphatic rings. The summed E-state index contributed by atoms with van der Waals surface area (Å²) in [5, 5.41) is 0.132. The first-order valence-electron chi connectivity index (χ1n) is 16.0. The lowest BCUT2D eigenvalue weighted by Crippen LogP contribution is -2.58. The number of ether oxygens (including phenoxy) is 5. The second kappa shape index (κ2) is 16.9. The maximum Gasteiger partial charge on any atom is 0.195 e. The lowest BCUT2D eigenvalue weighted by molar-refractivity contribution is -0.237. The maximum absolute atomic E-state index is 11.6. The Morgan fingerprint density at radius 3 is 1.77 bits per heavy atom. The average Bonchev–Trinajstić information content (AvgIpc) is 2.89. The molecule has 0 radical (unpaired) electrons. The number of hydrogen-bond acceptors (Lipinski definition) is 8. The van der Waals surface area contributed by atoms with Gasteiger partial charge >= 0.3 is 0 Å². The van der Waals surface area contributed by atoms with Gasteiger partial charge in [-0.05, 0) is 36.3 Å². The molecular weight excluding hydrogens is 581 g/mol. The van der Waals surface area contributed by atoms with Crippen molar-refractivity contribution in [1.82, 2.24) is 0 Å². The molecule has 1 saturated heterocycles. The molecule has 1 heterocycles. The van der Waals surface area contributed by atoms with Crippen LogP contribution in [0.4, 0.5) is 0 Å². The first-order chi connectivity index (χ1) is 19.6. The first kappa shape index (κ1) is 40.6. The SMILES string of the molecule is COCO[C@H]([C@@H](C)C=O)[C@@H](C)/C=C\[C@H](C[C@@H]1O[C@@H](O[Si](C)(C)C(C)(C)C)[C@H](C)[C@@H](O[Si](C)(C)C(C)(C)C)[C@H]1C)OCOC. The molecule has 1 fully saturated rings. The Hall–Kier alpha value is -0.436. The van der Waals surface area contributed by atoms with Crippen LogP contribution in [0.5, 0.6) is 0 Å².